The first kappa shape index (κ1) is 53.9. The van der Waals surface area contributed by atoms with Gasteiger partial charge >= 0.3 is 5.97 Å². The zero-order valence-electron chi connectivity index (χ0n) is 36.2. The van der Waals surface area contributed by atoms with Gasteiger partial charge in [0.2, 0.25) is 0 Å². The number of phosphoric acid groups is 1. The number of unbranched alkanes of at least 4 members (excludes halogenated alkanes) is 3. The molecular weight excluding hydrogens is 734 g/mol. The minimum Gasteiger partial charge on any atom is -0.756 e. The first-order valence-corrected chi connectivity index (χ1v) is 22.7. The van der Waals surface area contributed by atoms with E-state index in [1.165, 1.54) is 0 Å². The number of likely N-dealkylation sites (N-methyl/N-ethyl adjacent to an activating group) is 1. The van der Waals surface area contributed by atoms with E-state index in [2.05, 4.69) is 135 Å². The second-order valence-electron chi connectivity index (χ2n) is 14.6. The van der Waals surface area contributed by atoms with Gasteiger partial charge in [0.1, 0.15) is 19.3 Å². The summed E-state index contributed by atoms with van der Waals surface area (Å²) < 4.78 is 34.4. The van der Waals surface area contributed by atoms with Crippen LogP contribution in [0.25, 0.3) is 0 Å². The highest BCUT2D eigenvalue weighted by Gasteiger charge is 2.20. The third-order valence-electron chi connectivity index (χ3n) is 8.01. The van der Waals surface area contributed by atoms with E-state index >= 15 is 0 Å². The molecule has 0 aromatic rings. The maximum absolute atomic E-state index is 12.7. The number of phosphoric ester groups is 1. The maximum Gasteiger partial charge on any atom is 0.306 e. The first-order valence-electron chi connectivity index (χ1n) is 21.3. The van der Waals surface area contributed by atoms with Gasteiger partial charge in [-0.15, -0.1) is 0 Å². The number of allylic oxidation sites excluding steroid dienone is 20. The fourth-order valence-electron chi connectivity index (χ4n) is 4.79. The molecule has 0 rings (SSSR count). The van der Waals surface area contributed by atoms with Crippen LogP contribution in [0.15, 0.2) is 122 Å². The second kappa shape index (κ2) is 39.7. The van der Waals surface area contributed by atoms with Crippen molar-refractivity contribution in [2.24, 2.45) is 0 Å². The molecule has 0 spiro atoms. The Labute approximate surface area is 348 Å². The highest BCUT2D eigenvalue weighted by molar-refractivity contribution is 7.45. The molecule has 2 unspecified atom stereocenters. The summed E-state index contributed by atoms with van der Waals surface area (Å²) in [6.07, 6.45) is 56.6. The minimum atomic E-state index is -4.56. The Bertz CT molecular complexity index is 1310. The average molecular weight is 812 g/mol. The summed E-state index contributed by atoms with van der Waals surface area (Å²) in [4.78, 5) is 25.0. The van der Waals surface area contributed by atoms with Gasteiger partial charge in [0.15, 0.2) is 0 Å². The van der Waals surface area contributed by atoms with Gasteiger partial charge in [-0.3, -0.25) is 9.36 Å². The van der Waals surface area contributed by atoms with E-state index in [4.69, 9.17) is 18.5 Å². The Kier molecular flexibility index (Phi) is 37.6. The topological polar surface area (TPSA) is 94.1 Å². The normalized spacial score (nSPS) is 15.0. The second-order valence-corrected chi connectivity index (χ2v) is 16.0. The maximum atomic E-state index is 12.7. The summed E-state index contributed by atoms with van der Waals surface area (Å²) in [6.45, 7) is 4.91. The highest BCUT2D eigenvalue weighted by Crippen LogP contribution is 2.38. The van der Waals surface area contributed by atoms with Crippen molar-refractivity contribution in [3.05, 3.63) is 122 Å². The van der Waals surface area contributed by atoms with Crippen LogP contribution in [0, 0.1) is 0 Å². The molecule has 0 heterocycles. The van der Waals surface area contributed by atoms with Crippen LogP contribution in [-0.2, 0) is 27.9 Å². The van der Waals surface area contributed by atoms with Crippen LogP contribution < -0.4 is 4.89 Å². The van der Waals surface area contributed by atoms with Crippen molar-refractivity contribution in [2.75, 3.05) is 54.1 Å². The van der Waals surface area contributed by atoms with Crippen LogP contribution in [0.5, 0.6) is 0 Å². The number of esters is 1. The molecule has 0 amide bonds. The lowest BCUT2D eigenvalue weighted by molar-refractivity contribution is -0.870. The van der Waals surface area contributed by atoms with E-state index in [-0.39, 0.29) is 26.2 Å². The molecule has 0 saturated carbocycles. The molecule has 322 valence electrons. The van der Waals surface area contributed by atoms with Crippen molar-refractivity contribution < 1.29 is 37.3 Å². The molecule has 0 aromatic carbocycles. The quantitative estimate of drug-likeness (QED) is 0.0203. The average Bonchev–Trinajstić information content (AvgIpc) is 3.16. The van der Waals surface area contributed by atoms with Crippen LogP contribution in [0.1, 0.15) is 117 Å². The Hall–Kier alpha value is -3.10. The molecule has 0 bridgehead atoms. The van der Waals surface area contributed by atoms with Gasteiger partial charge in [-0.25, -0.2) is 0 Å². The Morgan fingerprint density at radius 3 is 1.37 bits per heavy atom. The van der Waals surface area contributed by atoms with Crippen molar-refractivity contribution in [2.45, 2.75) is 123 Å². The number of quaternary nitrogens is 1. The van der Waals surface area contributed by atoms with Crippen LogP contribution in [0.3, 0.4) is 0 Å². The van der Waals surface area contributed by atoms with Crippen LogP contribution in [0.4, 0.5) is 0 Å². The van der Waals surface area contributed by atoms with E-state index in [1.54, 1.807) is 0 Å². The summed E-state index contributed by atoms with van der Waals surface area (Å²) in [6, 6.07) is 0. The van der Waals surface area contributed by atoms with Crippen molar-refractivity contribution >= 4 is 13.8 Å². The zero-order chi connectivity index (χ0) is 42.0. The molecule has 0 saturated heterocycles. The standard InChI is InChI=1S/C48H78NO7P/c1-6-8-10-12-14-16-18-20-22-23-24-25-26-27-28-29-31-33-35-37-39-41-48(50)56-47(46-55-57(51,52)54-44-42-49(3,4)5)45-53-43-40-38-36-34-32-30-21-19-17-15-13-11-9-7-2/h8-11,14-17,20-22,24-25,27-28,30-31,33-34,36,47H,6-7,12-13,18-19,23,26,29,32,35,37-46H2,1-5H3/b10-8-,11-9-,16-14-,17-15-,22-20-,25-24-,28-27-,30-21-,33-31-,36-34-. The summed E-state index contributed by atoms with van der Waals surface area (Å²) in [5.41, 5.74) is 0. The third kappa shape index (κ3) is 43.9. The number of carbonyl (C=O) groups excluding carboxylic acids is 1. The lowest BCUT2D eigenvalue weighted by Gasteiger charge is -2.28. The lowest BCUT2D eigenvalue weighted by Crippen LogP contribution is -2.37. The number of nitrogens with zero attached hydrogens (tertiary/aromatic N) is 1. The van der Waals surface area contributed by atoms with Crippen molar-refractivity contribution in [1.82, 2.24) is 0 Å². The van der Waals surface area contributed by atoms with E-state index in [9.17, 15) is 14.3 Å². The molecule has 57 heavy (non-hydrogen) atoms. The van der Waals surface area contributed by atoms with Gasteiger partial charge in [0.05, 0.1) is 34.4 Å². The number of hydrogen-bond donors (Lipinski definition) is 0. The number of carbonyl (C=O) groups is 1. The van der Waals surface area contributed by atoms with Crippen LogP contribution >= 0.6 is 7.82 Å². The molecule has 0 aromatic heterocycles. The molecule has 0 fully saturated rings. The monoisotopic (exact) mass is 812 g/mol. The molecule has 9 heteroatoms. The predicted molar refractivity (Wildman–Crippen MR) is 240 cm³/mol. The smallest absolute Gasteiger partial charge is 0.306 e. The summed E-state index contributed by atoms with van der Waals surface area (Å²) in [5.74, 6) is -0.401. The largest absolute Gasteiger partial charge is 0.756 e. The van der Waals surface area contributed by atoms with E-state index in [0.29, 0.717) is 24.1 Å². The molecule has 8 nitrogen and oxygen atoms in total. The number of hydrogen-bond acceptors (Lipinski definition) is 7. The lowest BCUT2D eigenvalue weighted by atomic mass is 10.2. The number of ether oxygens (including phenoxy) is 2. The van der Waals surface area contributed by atoms with Gasteiger partial charge in [-0.05, 0) is 96.3 Å². The van der Waals surface area contributed by atoms with E-state index < -0.39 is 19.9 Å². The highest BCUT2D eigenvalue weighted by atomic mass is 31.2. The summed E-state index contributed by atoms with van der Waals surface area (Å²) >= 11 is 0. The zero-order valence-corrected chi connectivity index (χ0v) is 37.1. The first-order chi connectivity index (χ1) is 27.6. The van der Waals surface area contributed by atoms with Crippen molar-refractivity contribution in [1.29, 1.82) is 0 Å². The summed E-state index contributed by atoms with van der Waals surface area (Å²) in [7, 11) is 1.27. The van der Waals surface area contributed by atoms with Gasteiger partial charge in [-0.2, -0.15) is 0 Å². The fourth-order valence-corrected chi connectivity index (χ4v) is 5.51. The third-order valence-corrected chi connectivity index (χ3v) is 8.97. The van der Waals surface area contributed by atoms with E-state index in [0.717, 1.165) is 89.9 Å². The molecule has 2 atom stereocenters. The molecule has 0 aliphatic rings. The Balaban J connectivity index is 4.45. The molecular formula is C48H78NO7P. The molecule has 0 radical (unpaired) electrons. The van der Waals surface area contributed by atoms with Crippen molar-refractivity contribution in [3.63, 3.8) is 0 Å². The fraction of sp³-hybridized carbons (Fsp3) is 0.562. The van der Waals surface area contributed by atoms with Gasteiger partial charge < -0.3 is 27.9 Å². The minimum absolute atomic E-state index is 0.000699. The van der Waals surface area contributed by atoms with E-state index in [1.807, 2.05) is 21.1 Å². The Morgan fingerprint density at radius 2 is 0.947 bits per heavy atom. The predicted octanol–water partition coefficient (Wildman–Crippen LogP) is 12.0. The van der Waals surface area contributed by atoms with Crippen LogP contribution in [-0.4, -0.2) is 70.7 Å². The van der Waals surface area contributed by atoms with Crippen molar-refractivity contribution in [3.8, 4) is 0 Å². The Morgan fingerprint density at radius 1 is 0.544 bits per heavy atom. The molecule has 0 aliphatic carbocycles. The SMILES string of the molecule is CC/C=C\C/C=C\C/C=C\C/C=C\C/C=C\C/C=C\CCCCC(=O)OC(COCCC/C=C\C/C=C\C/C=C\C/C=C\CC)COP(=O)([O-])OCC[N+](C)(C)C. The summed E-state index contributed by atoms with van der Waals surface area (Å²) in [5, 5.41) is 0. The molecule has 0 aliphatic heterocycles. The van der Waals surface area contributed by atoms with Gasteiger partial charge in [0.25, 0.3) is 7.82 Å². The van der Waals surface area contributed by atoms with Gasteiger partial charge in [0, 0.05) is 13.0 Å². The molecule has 0 N–H and O–H groups in total. The van der Waals surface area contributed by atoms with Crippen LogP contribution in [0.2, 0.25) is 0 Å². The van der Waals surface area contributed by atoms with Gasteiger partial charge in [-0.1, -0.05) is 135 Å². The number of rotatable bonds is 37.